The molecule has 9 rings (SSSR count). The number of rotatable bonds is 10. The summed E-state index contributed by atoms with van der Waals surface area (Å²) in [4.78, 5) is 65.2. The number of carbonyl (C=O) groups excluding carboxylic acids is 6. The number of fused-ring (bicyclic) bond motifs is 8. The molecule has 8 aromatic carbocycles. The molecule has 0 aromatic heterocycles. The Morgan fingerprint density at radius 3 is 0.398 bits per heavy atom. The topological polar surface area (TPSA) is 446 Å². The van der Waals surface area contributed by atoms with Crippen molar-refractivity contribution in [2.45, 2.75) is 23.7 Å². The molecule has 6 amide bonds. The predicted molar refractivity (Wildman–Crippen MR) is 360 cm³/mol. The second-order valence-corrected chi connectivity index (χ2v) is 22.9. The summed E-state index contributed by atoms with van der Waals surface area (Å²) in [5.74, 6) is -19.4. The van der Waals surface area contributed by atoms with Crippen molar-refractivity contribution in [3.05, 3.63) is 188 Å². The second kappa shape index (κ2) is 36.2. The van der Waals surface area contributed by atoms with E-state index < -0.39 is 92.7 Å². The lowest BCUT2D eigenvalue weighted by Gasteiger charge is -2.30. The van der Waals surface area contributed by atoms with Gasteiger partial charge in [0.15, 0.2) is 46.0 Å². The maximum atomic E-state index is 11.9. The molecule has 8 aromatic rings. The first kappa shape index (κ1) is 79.6. The van der Waals surface area contributed by atoms with E-state index in [9.17, 15) is 110 Å². The molecule has 0 aliphatic heterocycles. The standard InChI is InChI=1S/C52H40O16.6C3H7NO/c53-25-9-1-21(2-10-25)37-29-17-31(43(59)49(65)41(29)57)38(22-3-11-26(54)12-4-22)33-19-35(47(63)51(67)45(33)61)40(24-7-15-28(56)16-8-24)36-20-34(46(62)52(68)48(36)64)39(23-5-13-27(55)14-6-23)32-18-30(37)42(58)50(66)44(32)60;6*1-4(2)3-5/h1-20,37-40,53-68H;6*3H,1-2H3. The smallest absolute Gasteiger partial charge is 0.209 e. The first-order valence-corrected chi connectivity index (χ1v) is 29.0. The molecule has 8 bridgehead atoms. The Morgan fingerprint density at radius 2 is 0.306 bits per heavy atom. The largest absolute Gasteiger partial charge is 0.508 e. The molecule has 0 saturated carbocycles. The maximum Gasteiger partial charge on any atom is 0.209 e. The average Bonchev–Trinajstić information content (AvgIpc) is 0.738. The van der Waals surface area contributed by atoms with Crippen molar-refractivity contribution in [1.29, 1.82) is 0 Å². The molecule has 28 nitrogen and oxygen atoms in total. The van der Waals surface area contributed by atoms with Gasteiger partial charge in [0.2, 0.25) is 61.5 Å². The minimum atomic E-state index is -1.55. The van der Waals surface area contributed by atoms with Gasteiger partial charge in [-0.1, -0.05) is 48.5 Å². The Kier molecular flexibility index (Phi) is 29.4. The SMILES string of the molecule is CN(C)C=O.CN(C)C=O.CN(C)C=O.CN(C)C=O.CN(C)C=O.CN(C)C=O.Oc1ccc(C2c3cc(c(O)c(O)c3O)C(c3ccc(O)cc3)c3cc(c(O)c(O)c3O)C(c3ccc(O)cc3)c3cc(c(O)c(O)c3O)C(c3ccc(O)cc3)c3cc2c(O)c(O)c3O)cc1. The molecule has 0 saturated heterocycles. The summed E-state index contributed by atoms with van der Waals surface area (Å²) in [5.41, 5.74) is -1.99. The van der Waals surface area contributed by atoms with Crippen molar-refractivity contribution in [3.63, 3.8) is 0 Å². The second-order valence-electron chi connectivity index (χ2n) is 22.9. The fourth-order valence-electron chi connectivity index (χ4n) is 9.29. The summed E-state index contributed by atoms with van der Waals surface area (Å²) in [6.45, 7) is 0. The van der Waals surface area contributed by atoms with Crippen molar-refractivity contribution in [1.82, 2.24) is 29.4 Å². The molecule has 0 fully saturated rings. The normalized spacial score (nSPS) is 13.6. The summed E-state index contributed by atoms with van der Waals surface area (Å²) in [7, 11) is 20.2. The Bertz CT molecular complexity index is 3350. The third-order valence-corrected chi connectivity index (χ3v) is 13.9. The van der Waals surface area contributed by atoms with E-state index in [4.69, 9.17) is 0 Å². The predicted octanol–water partition coefficient (Wildman–Crippen LogP) is 6.24. The first-order chi connectivity index (χ1) is 46.0. The van der Waals surface area contributed by atoms with Crippen LogP contribution in [0.1, 0.15) is 90.4 Å². The monoisotopic (exact) mass is 1360 g/mol. The molecule has 0 heterocycles. The Balaban J connectivity index is 0.000000698. The van der Waals surface area contributed by atoms with E-state index in [2.05, 4.69) is 0 Å². The highest BCUT2D eigenvalue weighted by Gasteiger charge is 2.39. The van der Waals surface area contributed by atoms with Crippen molar-refractivity contribution >= 4 is 38.5 Å². The summed E-state index contributed by atoms with van der Waals surface area (Å²) < 4.78 is 0. The minimum Gasteiger partial charge on any atom is -0.508 e. The number of carbonyl (C=O) groups is 6. The van der Waals surface area contributed by atoms with Gasteiger partial charge in [-0.25, -0.2) is 0 Å². The molecule has 0 atom stereocenters. The zero-order chi connectivity index (χ0) is 74.3. The molecule has 28 heteroatoms. The van der Waals surface area contributed by atoms with Crippen molar-refractivity contribution in [2.75, 3.05) is 84.6 Å². The zero-order valence-corrected chi connectivity index (χ0v) is 55.6. The van der Waals surface area contributed by atoms with Crippen molar-refractivity contribution in [3.8, 4) is 92.0 Å². The summed E-state index contributed by atoms with van der Waals surface area (Å²) in [5, 5.41) is 184. The van der Waals surface area contributed by atoms with E-state index in [0.29, 0.717) is 0 Å². The van der Waals surface area contributed by atoms with Crippen LogP contribution in [0.5, 0.6) is 92.0 Å². The van der Waals surface area contributed by atoms with Gasteiger partial charge in [0.1, 0.15) is 23.0 Å². The quantitative estimate of drug-likeness (QED) is 0.0532. The van der Waals surface area contributed by atoms with Gasteiger partial charge in [0, 0.05) is 153 Å². The zero-order valence-electron chi connectivity index (χ0n) is 55.6. The van der Waals surface area contributed by atoms with Crippen LogP contribution in [0.3, 0.4) is 0 Å². The molecule has 0 spiro atoms. The van der Waals surface area contributed by atoms with E-state index in [1.54, 1.807) is 84.6 Å². The lowest BCUT2D eigenvalue weighted by atomic mass is 9.74. The third kappa shape index (κ3) is 20.2. The number of aromatic hydroxyl groups is 16. The number of phenols is 16. The summed E-state index contributed by atoms with van der Waals surface area (Å²) >= 11 is 0. The summed E-state index contributed by atoms with van der Waals surface area (Å²) in [6.07, 6.45) is 4.50. The van der Waals surface area contributed by atoms with Gasteiger partial charge in [-0.2, -0.15) is 0 Å². The van der Waals surface area contributed by atoms with Crippen LogP contribution in [-0.2, 0) is 28.8 Å². The number of nitrogens with zero attached hydrogens (tertiary/aromatic N) is 6. The van der Waals surface area contributed by atoms with Gasteiger partial charge < -0.3 is 111 Å². The molecule has 16 N–H and O–H groups in total. The number of benzene rings is 8. The number of hydrogen-bond donors (Lipinski definition) is 16. The fraction of sp³-hybridized carbons (Fsp3) is 0.229. The van der Waals surface area contributed by atoms with E-state index >= 15 is 0 Å². The highest BCUT2D eigenvalue weighted by atomic mass is 16.3. The minimum absolute atomic E-state index is 0.139. The van der Waals surface area contributed by atoms with E-state index in [0.717, 1.165) is 38.5 Å². The van der Waals surface area contributed by atoms with Crippen LogP contribution in [-0.4, -0.2) is 234 Å². The lowest BCUT2D eigenvalue weighted by Crippen LogP contribution is -2.13. The fourth-order valence-corrected chi connectivity index (χ4v) is 9.29. The molecule has 1 aliphatic rings. The van der Waals surface area contributed by atoms with E-state index in [-0.39, 0.29) is 89.8 Å². The Hall–Kier alpha value is -12.6. The van der Waals surface area contributed by atoms with E-state index in [1.807, 2.05) is 0 Å². The maximum absolute atomic E-state index is 11.9. The van der Waals surface area contributed by atoms with Crippen LogP contribution in [0.2, 0.25) is 0 Å². The van der Waals surface area contributed by atoms with Gasteiger partial charge in [-0.15, -0.1) is 0 Å². The van der Waals surface area contributed by atoms with Crippen LogP contribution in [0.15, 0.2) is 121 Å². The average molecular weight is 1360 g/mol. The molecule has 524 valence electrons. The molecule has 98 heavy (non-hydrogen) atoms. The lowest BCUT2D eigenvalue weighted by molar-refractivity contribution is -0.116. The molecule has 1 aliphatic carbocycles. The van der Waals surface area contributed by atoms with Crippen LogP contribution >= 0.6 is 0 Å². The molecular weight excluding hydrogens is 1280 g/mol. The number of hydrogen-bond acceptors (Lipinski definition) is 22. The molecule has 0 unspecified atom stereocenters. The van der Waals surface area contributed by atoms with Crippen LogP contribution < -0.4 is 0 Å². The number of amides is 6. The Morgan fingerprint density at radius 1 is 0.204 bits per heavy atom. The van der Waals surface area contributed by atoms with Crippen LogP contribution in [0, 0.1) is 0 Å². The van der Waals surface area contributed by atoms with Gasteiger partial charge >= 0.3 is 0 Å². The first-order valence-electron chi connectivity index (χ1n) is 29.0. The Labute approximate surface area is 564 Å². The summed E-state index contributed by atoms with van der Waals surface area (Å²) in [6, 6.07) is 25.7. The highest BCUT2D eigenvalue weighted by molar-refractivity contribution is 5.74. The van der Waals surface area contributed by atoms with Crippen LogP contribution in [0.4, 0.5) is 0 Å². The molecule has 0 radical (unpaired) electrons. The van der Waals surface area contributed by atoms with Gasteiger partial charge in [-0.3, -0.25) is 28.8 Å². The number of phenolic OH excluding ortho intramolecular Hbond substituents is 16. The van der Waals surface area contributed by atoms with Gasteiger partial charge in [0.05, 0.1) is 0 Å². The highest BCUT2D eigenvalue weighted by Crippen LogP contribution is 2.60. The third-order valence-electron chi connectivity index (χ3n) is 13.9. The van der Waals surface area contributed by atoms with Crippen molar-refractivity contribution < 1.29 is 110 Å². The van der Waals surface area contributed by atoms with E-state index in [1.165, 1.54) is 151 Å². The molecular formula is C70H82N6O22. The van der Waals surface area contributed by atoms with Gasteiger partial charge in [0.25, 0.3) is 0 Å². The van der Waals surface area contributed by atoms with Crippen molar-refractivity contribution in [2.24, 2.45) is 0 Å². The van der Waals surface area contributed by atoms with Crippen LogP contribution in [0.25, 0.3) is 0 Å². The van der Waals surface area contributed by atoms with Gasteiger partial charge in [-0.05, 0) is 95.1 Å².